The first-order valence-corrected chi connectivity index (χ1v) is 5.09. The lowest BCUT2D eigenvalue weighted by molar-refractivity contribution is -0.133. The summed E-state index contributed by atoms with van der Waals surface area (Å²) >= 11 is 5.81. The summed E-state index contributed by atoms with van der Waals surface area (Å²) in [5.41, 5.74) is 1.20. The average molecular weight is 225 g/mol. The largest absolute Gasteiger partial charge is 0.478 e. The Morgan fingerprint density at radius 3 is 2.60 bits per heavy atom. The Kier molecular flexibility index (Phi) is 3.92. The van der Waals surface area contributed by atoms with Gasteiger partial charge in [-0.15, -0.1) is 0 Å². The highest BCUT2D eigenvalue weighted by Crippen LogP contribution is 2.17. The van der Waals surface area contributed by atoms with Crippen LogP contribution in [0.15, 0.2) is 29.8 Å². The van der Waals surface area contributed by atoms with E-state index < -0.39 is 5.97 Å². The molecule has 0 amide bonds. The molecule has 0 aliphatic heterocycles. The lowest BCUT2D eigenvalue weighted by Gasteiger charge is -2.05. The van der Waals surface area contributed by atoms with Crippen molar-refractivity contribution in [3.8, 4) is 0 Å². The van der Waals surface area contributed by atoms with Crippen molar-refractivity contribution in [2.75, 3.05) is 0 Å². The minimum Gasteiger partial charge on any atom is -0.478 e. The lowest BCUT2D eigenvalue weighted by Crippen LogP contribution is -2.06. The van der Waals surface area contributed by atoms with Crippen LogP contribution in [-0.4, -0.2) is 11.1 Å². The molecule has 0 fully saturated rings. The molecule has 0 aromatic heterocycles. The molecule has 0 saturated heterocycles. The zero-order valence-electron chi connectivity index (χ0n) is 8.70. The Hall–Kier alpha value is -1.28. The Balaban J connectivity index is 3.08. The molecule has 0 spiro atoms. The summed E-state index contributed by atoms with van der Waals surface area (Å²) in [5, 5.41) is 9.58. The second-order valence-electron chi connectivity index (χ2n) is 3.61. The number of carboxylic acids is 1. The van der Waals surface area contributed by atoms with Crippen LogP contribution in [0.4, 0.5) is 0 Å². The molecule has 0 heterocycles. The molecule has 0 radical (unpaired) electrons. The van der Waals surface area contributed by atoms with Gasteiger partial charge in [0.1, 0.15) is 0 Å². The highest BCUT2D eigenvalue weighted by molar-refractivity contribution is 6.30. The summed E-state index contributed by atoms with van der Waals surface area (Å²) < 4.78 is 0. The highest BCUT2D eigenvalue weighted by atomic mass is 35.5. The van der Waals surface area contributed by atoms with Crippen LogP contribution < -0.4 is 0 Å². The van der Waals surface area contributed by atoms with E-state index in [1.54, 1.807) is 24.3 Å². The number of rotatable bonds is 3. The third-order valence-electron chi connectivity index (χ3n) is 2.04. The number of aliphatic carboxylic acids is 1. The summed E-state index contributed by atoms with van der Waals surface area (Å²) in [6, 6.07) is 7.13. The van der Waals surface area contributed by atoms with Gasteiger partial charge in [-0.05, 0) is 29.7 Å². The van der Waals surface area contributed by atoms with Gasteiger partial charge in [0.15, 0.2) is 0 Å². The number of hydrogen-bond acceptors (Lipinski definition) is 1. The molecule has 3 heteroatoms. The van der Waals surface area contributed by atoms with Crippen molar-refractivity contribution in [2.24, 2.45) is 5.92 Å². The Morgan fingerprint density at radius 1 is 1.47 bits per heavy atom. The van der Waals surface area contributed by atoms with E-state index in [-0.39, 0.29) is 5.92 Å². The van der Waals surface area contributed by atoms with E-state index >= 15 is 0 Å². The van der Waals surface area contributed by atoms with E-state index in [1.807, 2.05) is 19.9 Å². The maximum absolute atomic E-state index is 10.9. The topological polar surface area (TPSA) is 37.3 Å². The van der Waals surface area contributed by atoms with E-state index in [9.17, 15) is 4.79 Å². The molecule has 0 atom stereocenters. The maximum Gasteiger partial charge on any atom is 0.331 e. The van der Waals surface area contributed by atoms with Gasteiger partial charge in [0.25, 0.3) is 0 Å². The van der Waals surface area contributed by atoms with Gasteiger partial charge in [0.05, 0.1) is 0 Å². The smallest absolute Gasteiger partial charge is 0.331 e. The average Bonchev–Trinajstić information content (AvgIpc) is 2.13. The van der Waals surface area contributed by atoms with Crippen LogP contribution in [0.5, 0.6) is 0 Å². The highest BCUT2D eigenvalue weighted by Gasteiger charge is 2.11. The van der Waals surface area contributed by atoms with Crippen LogP contribution in [0.1, 0.15) is 19.4 Å². The first kappa shape index (κ1) is 11.8. The summed E-state index contributed by atoms with van der Waals surface area (Å²) in [5.74, 6) is -0.897. The van der Waals surface area contributed by atoms with Gasteiger partial charge in [-0.25, -0.2) is 4.79 Å². The third-order valence-corrected chi connectivity index (χ3v) is 2.27. The quantitative estimate of drug-likeness (QED) is 0.799. The van der Waals surface area contributed by atoms with Crippen LogP contribution in [0.3, 0.4) is 0 Å². The summed E-state index contributed by atoms with van der Waals surface area (Å²) in [6.07, 6.45) is 1.65. The van der Waals surface area contributed by atoms with Gasteiger partial charge in [0, 0.05) is 10.6 Å². The van der Waals surface area contributed by atoms with Crippen molar-refractivity contribution in [3.05, 3.63) is 40.4 Å². The molecule has 0 aliphatic carbocycles. The summed E-state index contributed by atoms with van der Waals surface area (Å²) in [7, 11) is 0. The number of hydrogen-bond donors (Lipinski definition) is 1. The molecular weight excluding hydrogens is 212 g/mol. The number of carbonyl (C=O) groups is 1. The van der Waals surface area contributed by atoms with Crippen LogP contribution in [0.2, 0.25) is 5.02 Å². The molecule has 1 rings (SSSR count). The first-order chi connectivity index (χ1) is 7.00. The number of benzene rings is 1. The van der Waals surface area contributed by atoms with Crippen LogP contribution in [-0.2, 0) is 4.79 Å². The zero-order valence-corrected chi connectivity index (χ0v) is 9.45. The Bertz CT molecular complexity index is 394. The molecule has 80 valence electrons. The molecule has 0 bridgehead atoms. The predicted octanol–water partition coefficient (Wildman–Crippen LogP) is 3.46. The first-order valence-electron chi connectivity index (χ1n) is 4.71. The fourth-order valence-electron chi connectivity index (χ4n) is 1.25. The third kappa shape index (κ3) is 3.40. The van der Waals surface area contributed by atoms with Gasteiger partial charge < -0.3 is 5.11 Å². The summed E-state index contributed by atoms with van der Waals surface area (Å²) in [6.45, 7) is 3.70. The standard InChI is InChI=1S/C12H13ClO2/c1-8(2)11(12(14)15)7-9-4-3-5-10(13)6-9/h3-8H,1-2H3,(H,14,15)/b11-7+. The summed E-state index contributed by atoms with van der Waals surface area (Å²) in [4.78, 5) is 10.9. The second kappa shape index (κ2) is 4.99. The molecule has 0 aliphatic rings. The van der Waals surface area contributed by atoms with E-state index in [0.29, 0.717) is 10.6 Å². The van der Waals surface area contributed by atoms with Crippen molar-refractivity contribution in [3.63, 3.8) is 0 Å². The van der Waals surface area contributed by atoms with E-state index in [0.717, 1.165) is 5.56 Å². The van der Waals surface area contributed by atoms with Crippen molar-refractivity contribution < 1.29 is 9.90 Å². The molecule has 1 aromatic rings. The molecule has 1 aromatic carbocycles. The van der Waals surface area contributed by atoms with E-state index in [2.05, 4.69) is 0 Å². The van der Waals surface area contributed by atoms with Gasteiger partial charge in [-0.1, -0.05) is 37.6 Å². The fraction of sp³-hybridized carbons (Fsp3) is 0.250. The van der Waals surface area contributed by atoms with Crippen LogP contribution in [0.25, 0.3) is 6.08 Å². The van der Waals surface area contributed by atoms with Crippen molar-refractivity contribution in [1.82, 2.24) is 0 Å². The molecule has 1 N–H and O–H groups in total. The SMILES string of the molecule is CC(C)/C(=C\c1cccc(Cl)c1)C(=O)O. The predicted molar refractivity (Wildman–Crippen MR) is 61.9 cm³/mol. The second-order valence-corrected chi connectivity index (χ2v) is 4.05. The fourth-order valence-corrected chi connectivity index (χ4v) is 1.45. The molecule has 0 unspecified atom stereocenters. The van der Waals surface area contributed by atoms with Gasteiger partial charge in [-0.2, -0.15) is 0 Å². The molecule has 0 saturated carbocycles. The van der Waals surface area contributed by atoms with E-state index in [4.69, 9.17) is 16.7 Å². The monoisotopic (exact) mass is 224 g/mol. The van der Waals surface area contributed by atoms with Crippen molar-refractivity contribution >= 4 is 23.6 Å². The lowest BCUT2D eigenvalue weighted by atomic mass is 10.0. The normalized spacial score (nSPS) is 11.9. The molecular formula is C12H13ClO2. The zero-order chi connectivity index (χ0) is 11.4. The Labute approximate surface area is 94.2 Å². The molecule has 15 heavy (non-hydrogen) atoms. The van der Waals surface area contributed by atoms with Gasteiger partial charge in [0.2, 0.25) is 0 Å². The number of carboxylic acid groups (broad SMARTS) is 1. The Morgan fingerprint density at radius 2 is 2.13 bits per heavy atom. The maximum atomic E-state index is 10.9. The van der Waals surface area contributed by atoms with Crippen molar-refractivity contribution in [1.29, 1.82) is 0 Å². The van der Waals surface area contributed by atoms with Crippen molar-refractivity contribution in [2.45, 2.75) is 13.8 Å². The van der Waals surface area contributed by atoms with Gasteiger partial charge >= 0.3 is 5.97 Å². The minimum absolute atomic E-state index is 0.0125. The minimum atomic E-state index is -0.884. The van der Waals surface area contributed by atoms with Crippen LogP contribution >= 0.6 is 11.6 Å². The van der Waals surface area contributed by atoms with E-state index in [1.165, 1.54) is 0 Å². The van der Waals surface area contributed by atoms with Crippen LogP contribution in [0, 0.1) is 5.92 Å². The number of halogens is 1. The molecule has 2 nitrogen and oxygen atoms in total. The van der Waals surface area contributed by atoms with Gasteiger partial charge in [-0.3, -0.25) is 0 Å².